The molecule has 2 saturated carbocycles. The maximum Gasteiger partial charge on any atom is 0.131 e. The van der Waals surface area contributed by atoms with Gasteiger partial charge >= 0.3 is 0 Å². The Morgan fingerprint density at radius 1 is 0.967 bits per heavy atom. The molecule has 0 bridgehead atoms. The molecule has 0 saturated heterocycles. The van der Waals surface area contributed by atoms with Crippen molar-refractivity contribution in [2.75, 3.05) is 7.11 Å². The molecule has 2 fully saturated rings. The molecule has 3 heteroatoms. The summed E-state index contributed by atoms with van der Waals surface area (Å²) < 4.78 is 19.6. The summed E-state index contributed by atoms with van der Waals surface area (Å²) in [6, 6.07) is 7.00. The van der Waals surface area contributed by atoms with Gasteiger partial charge in [0.1, 0.15) is 5.82 Å². The van der Waals surface area contributed by atoms with Crippen molar-refractivity contribution in [1.82, 2.24) is 0 Å². The van der Waals surface area contributed by atoms with Gasteiger partial charge in [-0.1, -0.05) is 62.1 Å². The molecule has 3 aliphatic carbocycles. The van der Waals surface area contributed by atoms with Crippen molar-refractivity contribution in [1.29, 1.82) is 0 Å². The van der Waals surface area contributed by atoms with Crippen LogP contribution in [0.5, 0.6) is 0 Å². The predicted octanol–water partition coefficient (Wildman–Crippen LogP) is 7.94. The molecular weight excluding hydrogens is 395 g/mol. The van der Waals surface area contributed by atoms with E-state index in [1.807, 2.05) is 25.3 Å². The molecule has 1 aromatic carbocycles. The van der Waals surface area contributed by atoms with E-state index >= 15 is 0 Å². The monoisotopic (exact) mass is 430 g/mol. The van der Waals surface area contributed by atoms with Crippen molar-refractivity contribution in [2.24, 2.45) is 17.8 Å². The lowest BCUT2D eigenvalue weighted by atomic mass is 9.71. The second-order valence-electron chi connectivity index (χ2n) is 9.78. The zero-order chi connectivity index (χ0) is 21.0. The predicted molar refractivity (Wildman–Crippen MR) is 124 cm³/mol. The van der Waals surface area contributed by atoms with Crippen molar-refractivity contribution in [2.45, 2.75) is 81.6 Å². The first kappa shape index (κ1) is 22.1. The van der Waals surface area contributed by atoms with Crippen molar-refractivity contribution in [3.05, 3.63) is 53.9 Å². The standard InChI is InChI=1S/C27H36ClFO/c1-30-24-14-10-21(11-15-24)7-6-20-8-12-23(13-9-20)27(28)18-16-22(17-19-27)25-4-2-3-5-26(25)29/h2-5,16-18,20-21,23-24H,6-15,19H2,1H3. The molecule has 0 amide bonds. The summed E-state index contributed by atoms with van der Waals surface area (Å²) in [6.45, 7) is 0. The summed E-state index contributed by atoms with van der Waals surface area (Å²) in [4.78, 5) is -0.293. The smallest absolute Gasteiger partial charge is 0.131 e. The SMILES string of the molecule is COC1CCC(CCC2CCC(C3(Cl)C=CC(c4ccccc4F)=CC3)CC2)CC1. The zero-order valence-corrected chi connectivity index (χ0v) is 19.0. The fourth-order valence-electron chi connectivity index (χ4n) is 5.89. The molecule has 0 spiro atoms. The lowest BCUT2D eigenvalue weighted by Gasteiger charge is -2.39. The van der Waals surface area contributed by atoms with Crippen LogP contribution in [-0.2, 0) is 4.74 Å². The number of methoxy groups -OCH3 is 1. The van der Waals surface area contributed by atoms with Crippen LogP contribution in [0.1, 0.15) is 76.2 Å². The summed E-state index contributed by atoms with van der Waals surface area (Å²) in [5, 5.41) is 0. The highest BCUT2D eigenvalue weighted by Gasteiger charge is 2.37. The highest BCUT2D eigenvalue weighted by atomic mass is 35.5. The summed E-state index contributed by atoms with van der Waals surface area (Å²) in [6.07, 6.45) is 20.7. The lowest BCUT2D eigenvalue weighted by Crippen LogP contribution is -2.34. The van der Waals surface area contributed by atoms with E-state index in [1.165, 1.54) is 70.3 Å². The average molecular weight is 431 g/mol. The van der Waals surface area contributed by atoms with Crippen molar-refractivity contribution < 1.29 is 9.13 Å². The van der Waals surface area contributed by atoms with E-state index in [1.54, 1.807) is 6.07 Å². The summed E-state index contributed by atoms with van der Waals surface area (Å²) >= 11 is 7.08. The largest absolute Gasteiger partial charge is 0.381 e. The van der Waals surface area contributed by atoms with Gasteiger partial charge in [0, 0.05) is 12.7 Å². The number of hydrogen-bond donors (Lipinski definition) is 0. The molecule has 1 nitrogen and oxygen atoms in total. The highest BCUT2D eigenvalue weighted by Crippen LogP contribution is 2.46. The molecule has 3 aliphatic rings. The van der Waals surface area contributed by atoms with Gasteiger partial charge in [-0.25, -0.2) is 4.39 Å². The summed E-state index contributed by atoms with van der Waals surface area (Å²) in [5.74, 6) is 2.16. The quantitative estimate of drug-likeness (QED) is 0.416. The van der Waals surface area contributed by atoms with Crippen LogP contribution in [0.25, 0.3) is 5.57 Å². The van der Waals surface area contributed by atoms with Crippen LogP contribution in [0.15, 0.2) is 42.5 Å². The Labute approximate surface area is 186 Å². The van der Waals surface area contributed by atoms with Gasteiger partial charge in [-0.05, 0) is 74.3 Å². The molecule has 0 heterocycles. The number of halogens is 2. The summed E-state index contributed by atoms with van der Waals surface area (Å²) in [5.41, 5.74) is 1.64. The zero-order valence-electron chi connectivity index (χ0n) is 18.3. The van der Waals surface area contributed by atoms with Crippen LogP contribution in [0.3, 0.4) is 0 Å². The third-order valence-electron chi connectivity index (χ3n) is 8.00. The third kappa shape index (κ3) is 5.19. The molecule has 1 unspecified atom stereocenters. The number of ether oxygens (including phenoxy) is 1. The molecular formula is C27H36ClFO. The van der Waals surface area contributed by atoms with Gasteiger partial charge in [-0.15, -0.1) is 11.6 Å². The molecule has 1 atom stereocenters. The molecule has 0 N–H and O–H groups in total. The highest BCUT2D eigenvalue weighted by molar-refractivity contribution is 6.26. The van der Waals surface area contributed by atoms with Gasteiger partial charge in [0.25, 0.3) is 0 Å². The summed E-state index contributed by atoms with van der Waals surface area (Å²) in [7, 11) is 1.85. The van der Waals surface area contributed by atoms with Crippen LogP contribution in [0.2, 0.25) is 0 Å². The van der Waals surface area contributed by atoms with Gasteiger partial charge in [-0.3, -0.25) is 0 Å². The lowest BCUT2D eigenvalue weighted by molar-refractivity contribution is 0.0540. The van der Waals surface area contributed by atoms with Crippen LogP contribution in [0, 0.1) is 23.6 Å². The second-order valence-corrected chi connectivity index (χ2v) is 10.5. The minimum Gasteiger partial charge on any atom is -0.381 e. The number of hydrogen-bond acceptors (Lipinski definition) is 1. The Morgan fingerprint density at radius 3 is 2.17 bits per heavy atom. The minimum atomic E-state index is -0.293. The Balaban J connectivity index is 1.24. The van der Waals surface area contributed by atoms with Crippen LogP contribution < -0.4 is 0 Å². The maximum atomic E-state index is 14.1. The van der Waals surface area contributed by atoms with Crippen molar-refractivity contribution in [3.8, 4) is 0 Å². The number of rotatable bonds is 6. The second kappa shape index (κ2) is 10.0. The fourth-order valence-corrected chi connectivity index (χ4v) is 6.25. The Kier molecular flexibility index (Phi) is 7.36. The van der Waals surface area contributed by atoms with E-state index in [0.29, 0.717) is 17.6 Å². The first-order valence-corrected chi connectivity index (χ1v) is 12.3. The third-order valence-corrected chi connectivity index (χ3v) is 8.58. The van der Waals surface area contributed by atoms with Crippen molar-refractivity contribution in [3.63, 3.8) is 0 Å². The van der Waals surface area contributed by atoms with E-state index in [2.05, 4.69) is 12.2 Å². The minimum absolute atomic E-state index is 0.160. The van der Waals surface area contributed by atoms with E-state index < -0.39 is 0 Å². The molecule has 164 valence electrons. The molecule has 30 heavy (non-hydrogen) atoms. The van der Waals surface area contributed by atoms with Crippen molar-refractivity contribution >= 4 is 17.2 Å². The number of allylic oxidation sites excluding steroid dienone is 4. The first-order chi connectivity index (χ1) is 14.6. The fraction of sp³-hybridized carbons (Fsp3) is 0.630. The Bertz CT molecular complexity index is 756. The van der Waals surface area contributed by atoms with Crippen LogP contribution in [-0.4, -0.2) is 18.1 Å². The van der Waals surface area contributed by atoms with Gasteiger partial charge in [-0.2, -0.15) is 0 Å². The van der Waals surface area contributed by atoms with Gasteiger partial charge < -0.3 is 4.74 Å². The number of alkyl halides is 1. The molecule has 0 radical (unpaired) electrons. The first-order valence-electron chi connectivity index (χ1n) is 11.9. The van der Waals surface area contributed by atoms with E-state index in [4.69, 9.17) is 16.3 Å². The van der Waals surface area contributed by atoms with E-state index in [0.717, 1.165) is 23.8 Å². The van der Waals surface area contributed by atoms with Gasteiger partial charge in [0.15, 0.2) is 0 Å². The van der Waals surface area contributed by atoms with Crippen LogP contribution >= 0.6 is 11.6 Å². The van der Waals surface area contributed by atoms with Gasteiger partial charge in [0.2, 0.25) is 0 Å². The van der Waals surface area contributed by atoms with E-state index in [9.17, 15) is 4.39 Å². The molecule has 1 aromatic rings. The van der Waals surface area contributed by atoms with Gasteiger partial charge in [0.05, 0.1) is 11.0 Å². The molecule has 0 aromatic heterocycles. The molecule has 0 aliphatic heterocycles. The van der Waals surface area contributed by atoms with E-state index in [-0.39, 0.29) is 10.7 Å². The average Bonchev–Trinajstić information content (AvgIpc) is 2.79. The Morgan fingerprint density at radius 2 is 1.60 bits per heavy atom. The van der Waals surface area contributed by atoms with Crippen LogP contribution in [0.4, 0.5) is 4.39 Å². The topological polar surface area (TPSA) is 9.23 Å². The maximum absolute atomic E-state index is 14.1. The molecule has 4 rings (SSSR count). The Hall–Kier alpha value is -1.12. The normalized spacial score (nSPS) is 34.6. The number of benzene rings is 1.